The van der Waals surface area contributed by atoms with E-state index in [2.05, 4.69) is 0 Å². The maximum Gasteiger partial charge on any atom is 0.416 e. The highest BCUT2D eigenvalue weighted by Gasteiger charge is 2.40. The van der Waals surface area contributed by atoms with Crippen LogP contribution in [0.5, 0.6) is 0 Å². The van der Waals surface area contributed by atoms with Gasteiger partial charge in [-0.2, -0.15) is 17.5 Å². The number of para-hydroxylation sites is 1. The molecule has 9 heteroatoms. The Morgan fingerprint density at radius 3 is 2.43 bits per heavy atom. The van der Waals surface area contributed by atoms with Gasteiger partial charge >= 0.3 is 6.18 Å². The Kier molecular flexibility index (Phi) is 6.68. The zero-order valence-electron chi connectivity index (χ0n) is 19.7. The lowest BCUT2D eigenvalue weighted by atomic mass is 9.98. The number of rotatable bonds is 7. The van der Waals surface area contributed by atoms with Crippen molar-refractivity contribution in [2.45, 2.75) is 43.0 Å². The largest absolute Gasteiger partial charge is 0.443 e. The number of alkyl halides is 3. The van der Waals surface area contributed by atoms with Gasteiger partial charge in [-0.1, -0.05) is 54.6 Å². The van der Waals surface area contributed by atoms with Crippen molar-refractivity contribution in [2.24, 2.45) is 0 Å². The minimum Gasteiger partial charge on any atom is -0.443 e. The molecule has 0 radical (unpaired) electrons. The van der Waals surface area contributed by atoms with Gasteiger partial charge in [0, 0.05) is 24.4 Å². The molecule has 0 spiro atoms. The highest BCUT2D eigenvalue weighted by atomic mass is 32.2. The number of sulfonamides is 1. The van der Waals surface area contributed by atoms with Crippen LogP contribution in [0.1, 0.15) is 30.4 Å². The fourth-order valence-electron chi connectivity index (χ4n) is 4.72. The molecule has 1 aliphatic heterocycles. The minimum absolute atomic E-state index is 0.153. The predicted molar refractivity (Wildman–Crippen MR) is 133 cm³/mol. The van der Waals surface area contributed by atoms with Gasteiger partial charge in [0.25, 0.3) is 10.0 Å². The molecule has 0 bridgehead atoms. The number of nitrogens with zero attached hydrogens (tertiary/aromatic N) is 1. The van der Waals surface area contributed by atoms with E-state index in [0.29, 0.717) is 41.4 Å². The lowest BCUT2D eigenvalue weighted by Crippen LogP contribution is -2.40. The monoisotopic (exact) mass is 527 g/mol. The fraction of sp³-hybridized carbons (Fsp3) is 0.250. The van der Waals surface area contributed by atoms with Crippen molar-refractivity contribution in [2.75, 3.05) is 6.54 Å². The van der Waals surface area contributed by atoms with Crippen LogP contribution < -0.4 is 0 Å². The smallest absolute Gasteiger partial charge is 0.416 e. The van der Waals surface area contributed by atoms with Crippen LogP contribution in [0, 0.1) is 0 Å². The Bertz CT molecular complexity index is 1510. The van der Waals surface area contributed by atoms with E-state index in [1.54, 1.807) is 54.6 Å². The van der Waals surface area contributed by atoms with Gasteiger partial charge in [-0.25, -0.2) is 8.42 Å². The lowest BCUT2D eigenvalue weighted by molar-refractivity contribution is -0.137. The molecule has 0 amide bonds. The van der Waals surface area contributed by atoms with Crippen molar-refractivity contribution in [1.29, 1.82) is 0 Å². The molecule has 1 atom stereocenters. The number of carbonyl (C=O) groups excluding carboxylic acids is 1. The summed E-state index contributed by atoms with van der Waals surface area (Å²) < 4.78 is 72.4. The number of halogens is 3. The molecule has 0 unspecified atom stereocenters. The number of carbonyl (C=O) groups is 1. The molecule has 37 heavy (non-hydrogen) atoms. The molecule has 5 rings (SSSR count). The average molecular weight is 528 g/mol. The number of Topliss-reactive ketones (excluding diaryl/α,β-unsaturated/α-hetero) is 1. The number of hydrogen-bond acceptors (Lipinski definition) is 4. The second-order valence-electron chi connectivity index (χ2n) is 9.12. The Labute approximate surface area is 212 Å². The maximum atomic E-state index is 13.3. The molecule has 1 aromatic heterocycles. The zero-order chi connectivity index (χ0) is 26.2. The van der Waals surface area contributed by atoms with E-state index >= 15 is 0 Å². The molecular weight excluding hydrogens is 503 g/mol. The summed E-state index contributed by atoms with van der Waals surface area (Å²) in [6, 6.07) is 19.9. The summed E-state index contributed by atoms with van der Waals surface area (Å²) in [5.41, 5.74) is 1.69. The first-order valence-corrected chi connectivity index (χ1v) is 13.4. The highest BCUT2D eigenvalue weighted by Crippen LogP contribution is 2.33. The van der Waals surface area contributed by atoms with Crippen LogP contribution in [0.2, 0.25) is 0 Å². The molecule has 192 valence electrons. The van der Waals surface area contributed by atoms with Crippen molar-refractivity contribution < 1.29 is 30.8 Å². The number of hydrogen-bond donors (Lipinski definition) is 0. The summed E-state index contributed by atoms with van der Waals surface area (Å²) in [6.07, 6.45) is -2.83. The number of aryl methyl sites for hydroxylation is 1. The van der Waals surface area contributed by atoms with E-state index in [9.17, 15) is 26.4 Å². The molecule has 0 saturated carbocycles. The van der Waals surface area contributed by atoms with Crippen LogP contribution in [0.3, 0.4) is 0 Å². The summed E-state index contributed by atoms with van der Waals surface area (Å²) in [4.78, 5) is 13.1. The summed E-state index contributed by atoms with van der Waals surface area (Å²) in [6.45, 7) is 0.251. The van der Waals surface area contributed by atoms with Crippen LogP contribution in [0.4, 0.5) is 13.2 Å². The van der Waals surface area contributed by atoms with Gasteiger partial charge in [-0.15, -0.1) is 0 Å². The van der Waals surface area contributed by atoms with Gasteiger partial charge in [-0.3, -0.25) is 4.79 Å². The van der Waals surface area contributed by atoms with E-state index < -0.39 is 27.8 Å². The Hall–Kier alpha value is -3.43. The van der Waals surface area contributed by atoms with E-state index in [0.717, 1.165) is 17.7 Å². The summed E-state index contributed by atoms with van der Waals surface area (Å²) in [7, 11) is -3.96. The molecule has 1 saturated heterocycles. The van der Waals surface area contributed by atoms with Crippen molar-refractivity contribution in [1.82, 2.24) is 4.31 Å². The van der Waals surface area contributed by atoms with Crippen LogP contribution in [0.25, 0.3) is 22.1 Å². The molecule has 0 aliphatic carbocycles. The van der Waals surface area contributed by atoms with E-state index in [1.807, 2.05) is 0 Å². The summed E-state index contributed by atoms with van der Waals surface area (Å²) in [5, 5.41) is 0.510. The van der Waals surface area contributed by atoms with Crippen LogP contribution in [-0.2, 0) is 27.4 Å². The van der Waals surface area contributed by atoms with Crippen LogP contribution in [0.15, 0.2) is 88.4 Å². The predicted octanol–water partition coefficient (Wildman–Crippen LogP) is 6.47. The molecule has 3 aromatic carbocycles. The minimum atomic E-state index is -4.41. The zero-order valence-corrected chi connectivity index (χ0v) is 20.6. The average Bonchev–Trinajstić information content (AvgIpc) is 3.56. The molecule has 2 heterocycles. The third kappa shape index (κ3) is 5.19. The number of furan rings is 1. The quantitative estimate of drug-likeness (QED) is 0.276. The van der Waals surface area contributed by atoms with Gasteiger partial charge in [-0.05, 0) is 54.2 Å². The summed E-state index contributed by atoms with van der Waals surface area (Å²) >= 11 is 0. The highest BCUT2D eigenvalue weighted by molar-refractivity contribution is 7.89. The first-order valence-electron chi connectivity index (χ1n) is 11.9. The second-order valence-corrected chi connectivity index (χ2v) is 10.9. The molecule has 1 fully saturated rings. The topological polar surface area (TPSA) is 67.6 Å². The first-order chi connectivity index (χ1) is 17.6. The number of ketones is 1. The van der Waals surface area contributed by atoms with E-state index in [4.69, 9.17) is 4.42 Å². The molecule has 1 aliphatic rings. The third-order valence-electron chi connectivity index (χ3n) is 6.68. The molecular formula is C28H24F3NO4S. The van der Waals surface area contributed by atoms with Crippen molar-refractivity contribution in [3.8, 4) is 11.1 Å². The molecule has 5 nitrogen and oxygen atoms in total. The van der Waals surface area contributed by atoms with Gasteiger partial charge in [0.2, 0.25) is 5.09 Å². The van der Waals surface area contributed by atoms with Gasteiger partial charge in [0.05, 0.1) is 11.6 Å². The van der Waals surface area contributed by atoms with Crippen molar-refractivity contribution in [3.05, 3.63) is 90.0 Å². The number of benzene rings is 3. The Balaban J connectivity index is 1.26. The normalized spacial score (nSPS) is 16.9. The number of fused-ring (bicyclic) bond motifs is 1. The van der Waals surface area contributed by atoms with Crippen LogP contribution >= 0.6 is 0 Å². The molecule has 0 N–H and O–H groups in total. The van der Waals surface area contributed by atoms with Gasteiger partial charge in [0.1, 0.15) is 5.58 Å². The SMILES string of the molecule is O=C(CCc1ccc(-c2cccc(C(F)(F)F)c2)cc1)[C@@H]1CCCN1S(=O)(=O)c1cc2ccccc2o1. The fourth-order valence-corrected chi connectivity index (χ4v) is 6.35. The maximum absolute atomic E-state index is 13.3. The van der Waals surface area contributed by atoms with Crippen molar-refractivity contribution in [3.63, 3.8) is 0 Å². The van der Waals surface area contributed by atoms with Crippen molar-refractivity contribution >= 4 is 26.8 Å². The third-order valence-corrected chi connectivity index (χ3v) is 8.44. The Morgan fingerprint density at radius 1 is 0.946 bits per heavy atom. The summed E-state index contributed by atoms with van der Waals surface area (Å²) in [5.74, 6) is -0.167. The standard InChI is InChI=1S/C28H24F3NO4S/c29-28(30,31)23-7-3-6-21(17-23)20-13-10-19(11-14-20)12-15-25(33)24-8-4-16-32(24)37(34,35)27-18-22-5-1-2-9-26(22)36-27/h1-3,5-7,9-11,13-14,17-18,24H,4,8,12,15-16H2/t24-/m0/s1. The van der Waals surface area contributed by atoms with E-state index in [1.165, 1.54) is 16.4 Å². The Morgan fingerprint density at radius 2 is 1.70 bits per heavy atom. The molecule has 4 aromatic rings. The van der Waals surface area contributed by atoms with Gasteiger partial charge in [0.15, 0.2) is 5.78 Å². The first kappa shape index (κ1) is 25.2. The van der Waals surface area contributed by atoms with E-state index in [-0.39, 0.29) is 23.8 Å². The van der Waals surface area contributed by atoms with Gasteiger partial charge < -0.3 is 4.42 Å². The van der Waals surface area contributed by atoms with Crippen LogP contribution in [-0.4, -0.2) is 31.1 Å². The second kappa shape index (κ2) is 9.79. The lowest BCUT2D eigenvalue weighted by Gasteiger charge is -2.21.